The average Bonchev–Trinajstić information content (AvgIpc) is 3.04. The van der Waals surface area contributed by atoms with Crippen LogP contribution >= 0.6 is 0 Å². The summed E-state index contributed by atoms with van der Waals surface area (Å²) in [5.74, 6) is 0.669. The quantitative estimate of drug-likeness (QED) is 0.753. The summed E-state index contributed by atoms with van der Waals surface area (Å²) in [5.41, 5.74) is 0. The van der Waals surface area contributed by atoms with E-state index in [1.54, 1.807) is 9.80 Å². The molecule has 106 valence electrons. The highest BCUT2D eigenvalue weighted by molar-refractivity contribution is 5.95. The maximum atomic E-state index is 12.4. The molecule has 5 heteroatoms. The fourth-order valence-electron chi connectivity index (χ4n) is 3.66. The van der Waals surface area contributed by atoms with E-state index < -0.39 is 0 Å². The summed E-state index contributed by atoms with van der Waals surface area (Å²) in [6.07, 6.45) is 4.03. The van der Waals surface area contributed by atoms with Gasteiger partial charge in [0.05, 0.1) is 12.6 Å². The molecule has 3 atom stereocenters. The molecule has 19 heavy (non-hydrogen) atoms. The topological polar surface area (TPSA) is 49.9 Å². The van der Waals surface area contributed by atoms with Crippen LogP contribution in [-0.4, -0.2) is 60.0 Å². The second kappa shape index (κ2) is 5.12. The molecule has 0 bridgehead atoms. The molecule has 0 aromatic rings. The normalized spacial score (nSPS) is 35.1. The molecule has 3 unspecified atom stereocenters. The number of hydrogen-bond donors (Lipinski definition) is 0. The van der Waals surface area contributed by atoms with Crippen molar-refractivity contribution in [2.75, 3.05) is 26.2 Å². The molecule has 3 fully saturated rings. The maximum absolute atomic E-state index is 12.4. The molecule has 2 amide bonds. The number of hydrogen-bond acceptors (Lipinski definition) is 3. The molecule has 3 heterocycles. The van der Waals surface area contributed by atoms with Crippen molar-refractivity contribution in [1.29, 1.82) is 0 Å². The van der Waals surface area contributed by atoms with Gasteiger partial charge in [-0.3, -0.25) is 9.59 Å². The van der Waals surface area contributed by atoms with E-state index in [-0.39, 0.29) is 30.5 Å². The van der Waals surface area contributed by atoms with E-state index in [0.29, 0.717) is 12.5 Å². The first-order chi connectivity index (χ1) is 9.20. The van der Waals surface area contributed by atoms with Gasteiger partial charge in [0.2, 0.25) is 11.8 Å². The van der Waals surface area contributed by atoms with E-state index in [0.717, 1.165) is 38.8 Å². The van der Waals surface area contributed by atoms with Gasteiger partial charge in [-0.2, -0.15) is 0 Å². The minimum absolute atomic E-state index is 0.120. The molecule has 0 spiro atoms. The zero-order valence-electron chi connectivity index (χ0n) is 11.5. The Kier molecular flexibility index (Phi) is 3.48. The smallest absolute Gasteiger partial charge is 0.245 e. The average molecular weight is 266 g/mol. The Morgan fingerprint density at radius 3 is 2.95 bits per heavy atom. The number of ether oxygens (including phenoxy) is 1. The maximum Gasteiger partial charge on any atom is 0.245 e. The minimum Gasteiger partial charge on any atom is -0.378 e. The van der Waals surface area contributed by atoms with Gasteiger partial charge in [0.1, 0.15) is 6.04 Å². The SMILES string of the molecule is CCC1OCCC1CN1CC(=O)N2CCCC2C1=O. The lowest BCUT2D eigenvalue weighted by Gasteiger charge is -2.38. The first kappa shape index (κ1) is 12.9. The Morgan fingerprint density at radius 1 is 1.32 bits per heavy atom. The van der Waals surface area contributed by atoms with Gasteiger partial charge in [0.25, 0.3) is 0 Å². The zero-order chi connectivity index (χ0) is 13.4. The van der Waals surface area contributed by atoms with Crippen molar-refractivity contribution in [2.45, 2.75) is 44.8 Å². The predicted octanol–water partition coefficient (Wildman–Crippen LogP) is 0.635. The second-order valence-corrected chi connectivity index (χ2v) is 5.83. The molecule has 3 saturated heterocycles. The molecule has 0 N–H and O–H groups in total. The lowest BCUT2D eigenvalue weighted by Crippen LogP contribution is -2.58. The predicted molar refractivity (Wildman–Crippen MR) is 69.5 cm³/mol. The lowest BCUT2D eigenvalue weighted by molar-refractivity contribution is -0.154. The van der Waals surface area contributed by atoms with Crippen LogP contribution in [0.2, 0.25) is 0 Å². The second-order valence-electron chi connectivity index (χ2n) is 5.83. The molecule has 3 rings (SSSR count). The van der Waals surface area contributed by atoms with E-state index in [1.165, 1.54) is 0 Å². The highest BCUT2D eigenvalue weighted by Crippen LogP contribution is 2.28. The number of carbonyl (C=O) groups excluding carboxylic acids is 2. The molecule has 0 saturated carbocycles. The molecule has 0 radical (unpaired) electrons. The van der Waals surface area contributed by atoms with Crippen LogP contribution in [-0.2, 0) is 14.3 Å². The van der Waals surface area contributed by atoms with Gasteiger partial charge in [0.15, 0.2) is 0 Å². The van der Waals surface area contributed by atoms with Gasteiger partial charge in [-0.05, 0) is 25.7 Å². The van der Waals surface area contributed by atoms with Gasteiger partial charge in [-0.1, -0.05) is 6.92 Å². The van der Waals surface area contributed by atoms with E-state index in [4.69, 9.17) is 4.74 Å². The van der Waals surface area contributed by atoms with Crippen LogP contribution in [0.1, 0.15) is 32.6 Å². The van der Waals surface area contributed by atoms with Gasteiger partial charge < -0.3 is 14.5 Å². The standard InChI is InChI=1S/C14H22N2O3/c1-2-12-10(5-7-19-12)8-15-9-13(17)16-6-3-4-11(16)14(15)18/h10-12H,2-9H2,1H3. The van der Waals surface area contributed by atoms with Crippen molar-refractivity contribution in [3.05, 3.63) is 0 Å². The Bertz CT molecular complexity index is 385. The largest absolute Gasteiger partial charge is 0.378 e. The van der Waals surface area contributed by atoms with Crippen LogP contribution in [0.15, 0.2) is 0 Å². The van der Waals surface area contributed by atoms with Crippen LogP contribution in [0, 0.1) is 5.92 Å². The fraction of sp³-hybridized carbons (Fsp3) is 0.857. The van der Waals surface area contributed by atoms with E-state index in [9.17, 15) is 9.59 Å². The van der Waals surface area contributed by atoms with Crippen molar-refractivity contribution >= 4 is 11.8 Å². The van der Waals surface area contributed by atoms with Crippen molar-refractivity contribution in [3.8, 4) is 0 Å². The van der Waals surface area contributed by atoms with Crippen LogP contribution in [0.5, 0.6) is 0 Å². The summed E-state index contributed by atoms with van der Waals surface area (Å²) in [5, 5.41) is 0. The molecular weight excluding hydrogens is 244 g/mol. The van der Waals surface area contributed by atoms with E-state index >= 15 is 0 Å². The minimum atomic E-state index is -0.177. The Labute approximate surface area is 113 Å². The third-order valence-electron chi connectivity index (χ3n) is 4.70. The van der Waals surface area contributed by atoms with Crippen molar-refractivity contribution in [1.82, 2.24) is 9.80 Å². The summed E-state index contributed by atoms with van der Waals surface area (Å²) < 4.78 is 5.67. The molecular formula is C14H22N2O3. The Balaban J connectivity index is 1.67. The van der Waals surface area contributed by atoms with Gasteiger partial charge in [0, 0.05) is 25.6 Å². The van der Waals surface area contributed by atoms with E-state index in [2.05, 4.69) is 6.92 Å². The Morgan fingerprint density at radius 2 is 2.16 bits per heavy atom. The van der Waals surface area contributed by atoms with Crippen LogP contribution < -0.4 is 0 Å². The zero-order valence-corrected chi connectivity index (χ0v) is 11.5. The number of rotatable bonds is 3. The van der Waals surface area contributed by atoms with Crippen LogP contribution in [0.25, 0.3) is 0 Å². The molecule has 0 aliphatic carbocycles. The van der Waals surface area contributed by atoms with Crippen molar-refractivity contribution < 1.29 is 14.3 Å². The fourth-order valence-corrected chi connectivity index (χ4v) is 3.66. The van der Waals surface area contributed by atoms with Crippen molar-refractivity contribution in [3.63, 3.8) is 0 Å². The van der Waals surface area contributed by atoms with Gasteiger partial charge in [-0.15, -0.1) is 0 Å². The summed E-state index contributed by atoms with van der Waals surface area (Å²) in [6.45, 7) is 4.61. The molecule has 3 aliphatic heterocycles. The highest BCUT2D eigenvalue weighted by atomic mass is 16.5. The first-order valence-corrected chi connectivity index (χ1v) is 7.40. The van der Waals surface area contributed by atoms with E-state index in [1.807, 2.05) is 0 Å². The number of piperazine rings is 1. The number of carbonyl (C=O) groups is 2. The van der Waals surface area contributed by atoms with Crippen LogP contribution in [0.3, 0.4) is 0 Å². The first-order valence-electron chi connectivity index (χ1n) is 7.40. The third kappa shape index (κ3) is 2.24. The highest BCUT2D eigenvalue weighted by Gasteiger charge is 2.43. The van der Waals surface area contributed by atoms with Crippen LogP contribution in [0.4, 0.5) is 0 Å². The summed E-state index contributed by atoms with van der Waals surface area (Å²) in [4.78, 5) is 28.0. The van der Waals surface area contributed by atoms with Gasteiger partial charge in [-0.25, -0.2) is 0 Å². The number of nitrogens with zero attached hydrogens (tertiary/aromatic N) is 2. The third-order valence-corrected chi connectivity index (χ3v) is 4.70. The number of amides is 2. The number of fused-ring (bicyclic) bond motifs is 1. The molecule has 5 nitrogen and oxygen atoms in total. The molecule has 0 aromatic heterocycles. The van der Waals surface area contributed by atoms with Gasteiger partial charge >= 0.3 is 0 Å². The molecule has 0 aromatic carbocycles. The lowest BCUT2D eigenvalue weighted by atomic mass is 9.98. The van der Waals surface area contributed by atoms with Crippen molar-refractivity contribution in [2.24, 2.45) is 5.92 Å². The monoisotopic (exact) mass is 266 g/mol. The molecule has 3 aliphatic rings. The Hall–Kier alpha value is -1.10. The summed E-state index contributed by atoms with van der Waals surface area (Å²) in [7, 11) is 0. The summed E-state index contributed by atoms with van der Waals surface area (Å²) in [6, 6.07) is -0.177. The summed E-state index contributed by atoms with van der Waals surface area (Å²) >= 11 is 0.